The Balaban J connectivity index is 0.000000891. The molecule has 0 aliphatic carbocycles. The lowest BCUT2D eigenvalue weighted by Crippen LogP contribution is -2.09. The number of rotatable bonds is 6. The molecule has 0 aromatic heterocycles. The van der Waals surface area contributed by atoms with Gasteiger partial charge in [-0.1, -0.05) is 58.4 Å². The molecule has 24 heavy (non-hydrogen) atoms. The molecule has 0 bridgehead atoms. The number of hydrogen-bond acceptors (Lipinski definition) is 2. The molecule has 0 aliphatic heterocycles. The van der Waals surface area contributed by atoms with Gasteiger partial charge in [0.05, 0.1) is 0 Å². The fraction of sp³-hybridized carbons (Fsp3) is 0.286. The Bertz CT molecular complexity index is 636. The van der Waals surface area contributed by atoms with Crippen molar-refractivity contribution in [3.05, 3.63) is 65.7 Å². The predicted molar refractivity (Wildman–Crippen MR) is 112 cm³/mol. The highest BCUT2D eigenvalue weighted by Gasteiger charge is 2.06. The average molecular weight is 387 g/mol. The van der Waals surface area contributed by atoms with Gasteiger partial charge in [0.25, 0.3) is 0 Å². The van der Waals surface area contributed by atoms with Gasteiger partial charge >= 0.3 is 0 Å². The summed E-state index contributed by atoms with van der Waals surface area (Å²) < 4.78 is 1.09. The van der Waals surface area contributed by atoms with Crippen LogP contribution < -0.4 is 5.32 Å². The number of nitrogens with zero attached hydrogens (tertiary/aromatic N) is 1. The highest BCUT2D eigenvalue weighted by molar-refractivity contribution is 9.10. The fourth-order valence-electron chi connectivity index (χ4n) is 2.28. The van der Waals surface area contributed by atoms with Crippen LogP contribution in [0.1, 0.15) is 27.2 Å². The summed E-state index contributed by atoms with van der Waals surface area (Å²) in [5, 5.41) is 3.54. The SMILES string of the molecule is C=CC.CC=NC(C)CCNc1cc(Br)ccc1-c1ccccc1. The number of aliphatic imine (C=N–C) groups is 1. The fourth-order valence-corrected chi connectivity index (χ4v) is 2.64. The first-order chi connectivity index (χ1) is 11.6. The first-order valence-corrected chi connectivity index (χ1v) is 9.05. The molecule has 1 N–H and O–H groups in total. The van der Waals surface area contributed by atoms with Gasteiger partial charge in [-0.3, -0.25) is 4.99 Å². The third-order valence-corrected chi connectivity index (χ3v) is 3.84. The van der Waals surface area contributed by atoms with Crippen LogP contribution in [-0.4, -0.2) is 18.8 Å². The van der Waals surface area contributed by atoms with E-state index in [1.54, 1.807) is 6.08 Å². The van der Waals surface area contributed by atoms with Gasteiger partial charge in [-0.25, -0.2) is 0 Å². The Hall–Kier alpha value is -1.87. The maximum Gasteiger partial charge on any atom is 0.0484 e. The smallest absolute Gasteiger partial charge is 0.0484 e. The van der Waals surface area contributed by atoms with Gasteiger partial charge in [-0.15, -0.1) is 6.58 Å². The molecule has 1 atom stereocenters. The van der Waals surface area contributed by atoms with E-state index < -0.39 is 0 Å². The number of benzene rings is 2. The Morgan fingerprint density at radius 3 is 2.46 bits per heavy atom. The van der Waals surface area contributed by atoms with E-state index in [9.17, 15) is 0 Å². The van der Waals surface area contributed by atoms with Crippen molar-refractivity contribution in [3.63, 3.8) is 0 Å². The van der Waals surface area contributed by atoms with E-state index >= 15 is 0 Å². The Kier molecular flexibility index (Phi) is 9.78. The van der Waals surface area contributed by atoms with Gasteiger partial charge in [0.2, 0.25) is 0 Å². The van der Waals surface area contributed by atoms with Crippen molar-refractivity contribution in [2.45, 2.75) is 33.2 Å². The number of hydrogen-bond donors (Lipinski definition) is 1. The van der Waals surface area contributed by atoms with E-state index in [4.69, 9.17) is 0 Å². The van der Waals surface area contributed by atoms with Gasteiger partial charge < -0.3 is 5.32 Å². The van der Waals surface area contributed by atoms with E-state index in [1.165, 1.54) is 11.1 Å². The van der Waals surface area contributed by atoms with E-state index in [1.807, 2.05) is 26.1 Å². The molecule has 2 rings (SSSR count). The number of anilines is 1. The molecule has 2 nitrogen and oxygen atoms in total. The third kappa shape index (κ3) is 7.14. The second-order valence-corrected chi connectivity index (χ2v) is 6.35. The lowest BCUT2D eigenvalue weighted by Gasteiger charge is -2.14. The van der Waals surface area contributed by atoms with Crippen LogP contribution in [0.15, 0.2) is 70.7 Å². The van der Waals surface area contributed by atoms with Crippen molar-refractivity contribution in [2.75, 3.05) is 11.9 Å². The summed E-state index contributed by atoms with van der Waals surface area (Å²) in [6.07, 6.45) is 4.64. The monoisotopic (exact) mass is 386 g/mol. The molecular weight excluding hydrogens is 360 g/mol. The standard InChI is InChI=1S/C18H21BrN2.C3H6/c1-3-20-14(2)11-12-21-18-13-16(19)9-10-17(18)15-7-5-4-6-8-15;1-3-2/h3-10,13-14,21H,11-12H2,1-2H3;3H,1H2,2H3. The molecule has 0 saturated carbocycles. The molecule has 0 radical (unpaired) electrons. The summed E-state index contributed by atoms with van der Waals surface area (Å²) >= 11 is 3.55. The van der Waals surface area contributed by atoms with Gasteiger partial charge in [-0.2, -0.15) is 0 Å². The largest absolute Gasteiger partial charge is 0.384 e. The van der Waals surface area contributed by atoms with E-state index in [-0.39, 0.29) is 0 Å². The maximum atomic E-state index is 4.38. The molecule has 0 aliphatic rings. The molecular formula is C21H27BrN2. The highest BCUT2D eigenvalue weighted by Crippen LogP contribution is 2.30. The lowest BCUT2D eigenvalue weighted by molar-refractivity contribution is 0.695. The van der Waals surface area contributed by atoms with Crippen LogP contribution in [0.4, 0.5) is 5.69 Å². The lowest BCUT2D eigenvalue weighted by atomic mass is 10.0. The van der Waals surface area contributed by atoms with Crippen molar-refractivity contribution >= 4 is 27.8 Å². The van der Waals surface area contributed by atoms with Crippen LogP contribution in [-0.2, 0) is 0 Å². The minimum Gasteiger partial charge on any atom is -0.384 e. The molecule has 128 valence electrons. The van der Waals surface area contributed by atoms with Crippen molar-refractivity contribution in [2.24, 2.45) is 4.99 Å². The first kappa shape index (κ1) is 20.2. The van der Waals surface area contributed by atoms with E-state index in [0.717, 1.165) is 23.1 Å². The molecule has 1 unspecified atom stereocenters. The topological polar surface area (TPSA) is 24.4 Å². The zero-order chi connectivity index (χ0) is 17.8. The maximum absolute atomic E-state index is 4.38. The zero-order valence-electron chi connectivity index (χ0n) is 14.8. The molecule has 0 saturated heterocycles. The molecule has 2 aromatic carbocycles. The van der Waals surface area contributed by atoms with Crippen LogP contribution in [0.3, 0.4) is 0 Å². The van der Waals surface area contributed by atoms with E-state index in [2.05, 4.69) is 82.2 Å². The Morgan fingerprint density at radius 2 is 1.83 bits per heavy atom. The summed E-state index contributed by atoms with van der Waals surface area (Å²) in [7, 11) is 0. The van der Waals surface area contributed by atoms with Crippen molar-refractivity contribution in [3.8, 4) is 11.1 Å². The Morgan fingerprint density at radius 1 is 1.17 bits per heavy atom. The first-order valence-electron chi connectivity index (χ1n) is 8.26. The van der Waals surface area contributed by atoms with Crippen LogP contribution in [0, 0.1) is 0 Å². The molecule has 0 amide bonds. The second-order valence-electron chi connectivity index (χ2n) is 5.44. The molecule has 2 aromatic rings. The number of halogens is 1. The second kappa shape index (κ2) is 11.6. The zero-order valence-corrected chi connectivity index (χ0v) is 16.4. The predicted octanol–water partition coefficient (Wildman–Crippen LogP) is 6.59. The van der Waals surface area contributed by atoms with Crippen LogP contribution >= 0.6 is 15.9 Å². The highest BCUT2D eigenvalue weighted by atomic mass is 79.9. The van der Waals surface area contributed by atoms with Crippen LogP contribution in [0.2, 0.25) is 0 Å². The Labute approximate surface area is 154 Å². The summed E-state index contributed by atoms with van der Waals surface area (Å²) in [5.74, 6) is 0. The summed E-state index contributed by atoms with van der Waals surface area (Å²) in [6.45, 7) is 10.3. The number of nitrogens with one attached hydrogen (secondary N) is 1. The van der Waals surface area contributed by atoms with Crippen LogP contribution in [0.25, 0.3) is 11.1 Å². The molecule has 0 heterocycles. The minimum atomic E-state index is 0.356. The summed E-state index contributed by atoms with van der Waals surface area (Å²) in [6, 6.07) is 17.2. The van der Waals surface area contributed by atoms with Gasteiger partial charge in [-0.05, 0) is 51.1 Å². The molecule has 0 fully saturated rings. The van der Waals surface area contributed by atoms with Crippen molar-refractivity contribution in [1.29, 1.82) is 0 Å². The average Bonchev–Trinajstić information content (AvgIpc) is 2.57. The molecule has 0 spiro atoms. The quantitative estimate of drug-likeness (QED) is 0.439. The van der Waals surface area contributed by atoms with E-state index in [0.29, 0.717) is 6.04 Å². The molecule has 3 heteroatoms. The summed E-state index contributed by atoms with van der Waals surface area (Å²) in [4.78, 5) is 4.38. The van der Waals surface area contributed by atoms with Gasteiger partial charge in [0, 0.05) is 28.3 Å². The van der Waals surface area contributed by atoms with Crippen molar-refractivity contribution < 1.29 is 0 Å². The normalized spacial score (nSPS) is 11.5. The van der Waals surface area contributed by atoms with Gasteiger partial charge in [0.1, 0.15) is 0 Å². The van der Waals surface area contributed by atoms with Gasteiger partial charge in [0.15, 0.2) is 0 Å². The number of allylic oxidation sites excluding steroid dienone is 1. The van der Waals surface area contributed by atoms with Crippen LogP contribution in [0.5, 0.6) is 0 Å². The third-order valence-electron chi connectivity index (χ3n) is 3.35. The minimum absolute atomic E-state index is 0.356. The van der Waals surface area contributed by atoms with Crippen molar-refractivity contribution in [1.82, 2.24) is 0 Å². The summed E-state index contributed by atoms with van der Waals surface area (Å²) in [5.41, 5.74) is 3.61.